The molecule has 98 valence electrons. The molecule has 0 aromatic carbocycles. The van der Waals surface area contributed by atoms with Gasteiger partial charge in [0.2, 0.25) is 5.91 Å². The van der Waals surface area contributed by atoms with Crippen molar-refractivity contribution >= 4 is 22.8 Å². The van der Waals surface area contributed by atoms with Crippen molar-refractivity contribution in [2.24, 2.45) is 22.6 Å². The SMILES string of the molecule is CC(C)CC1CSC(NC(C(N)=O)C(C)C)=N1. The standard InChI is InChI=1S/C12H23N3OS/c1-7(2)5-9-6-17-12(14-9)15-10(8(3)4)11(13)16/h7-10H,5-6H2,1-4H3,(H2,13,16)(H,14,15). The average Bonchev–Trinajstić information content (AvgIpc) is 2.59. The van der Waals surface area contributed by atoms with E-state index in [-0.39, 0.29) is 17.9 Å². The highest BCUT2D eigenvalue weighted by Crippen LogP contribution is 2.22. The molecule has 4 nitrogen and oxygen atoms in total. The number of amides is 1. The lowest BCUT2D eigenvalue weighted by Crippen LogP contribution is -2.46. The number of thioether (sulfide) groups is 1. The van der Waals surface area contributed by atoms with Gasteiger partial charge in [-0.2, -0.15) is 0 Å². The highest BCUT2D eigenvalue weighted by molar-refractivity contribution is 8.14. The number of hydrogen-bond acceptors (Lipinski definition) is 4. The Morgan fingerprint density at radius 1 is 1.53 bits per heavy atom. The Balaban J connectivity index is 2.54. The molecule has 1 rings (SSSR count). The monoisotopic (exact) mass is 257 g/mol. The lowest BCUT2D eigenvalue weighted by atomic mass is 10.0. The molecule has 1 heterocycles. The largest absolute Gasteiger partial charge is 0.368 e. The molecular weight excluding hydrogens is 234 g/mol. The lowest BCUT2D eigenvalue weighted by Gasteiger charge is -2.19. The van der Waals surface area contributed by atoms with E-state index in [1.165, 1.54) is 0 Å². The molecule has 0 aliphatic carbocycles. The van der Waals surface area contributed by atoms with Crippen molar-refractivity contribution in [2.75, 3.05) is 5.75 Å². The van der Waals surface area contributed by atoms with Crippen LogP contribution >= 0.6 is 11.8 Å². The summed E-state index contributed by atoms with van der Waals surface area (Å²) in [6.45, 7) is 8.36. The van der Waals surface area contributed by atoms with Crippen LogP contribution in [-0.4, -0.2) is 28.9 Å². The van der Waals surface area contributed by atoms with Crippen LogP contribution in [0.4, 0.5) is 0 Å². The molecule has 2 atom stereocenters. The predicted octanol–water partition coefficient (Wildman–Crippen LogP) is 1.60. The Bertz CT molecular complexity index is 302. The molecule has 3 N–H and O–H groups in total. The number of aliphatic imine (C=N–C) groups is 1. The molecule has 0 bridgehead atoms. The van der Waals surface area contributed by atoms with Gasteiger partial charge in [0.05, 0.1) is 6.04 Å². The minimum Gasteiger partial charge on any atom is -0.368 e. The van der Waals surface area contributed by atoms with Crippen molar-refractivity contribution < 1.29 is 4.79 Å². The number of rotatable bonds is 5. The number of carbonyl (C=O) groups is 1. The Morgan fingerprint density at radius 3 is 2.65 bits per heavy atom. The molecule has 1 aliphatic rings. The molecule has 0 aromatic rings. The Hall–Kier alpha value is -0.710. The Kier molecular flexibility index (Phi) is 5.31. The maximum atomic E-state index is 11.3. The number of carbonyl (C=O) groups excluding carboxylic acids is 1. The maximum absolute atomic E-state index is 11.3. The topological polar surface area (TPSA) is 67.5 Å². The summed E-state index contributed by atoms with van der Waals surface area (Å²) in [5.41, 5.74) is 5.37. The first-order valence-electron chi connectivity index (χ1n) is 6.16. The van der Waals surface area contributed by atoms with Crippen molar-refractivity contribution in [3.8, 4) is 0 Å². The zero-order valence-corrected chi connectivity index (χ0v) is 11.9. The summed E-state index contributed by atoms with van der Waals surface area (Å²) in [5, 5.41) is 4.03. The van der Waals surface area contributed by atoms with Crippen LogP contribution in [0.15, 0.2) is 4.99 Å². The summed E-state index contributed by atoms with van der Waals surface area (Å²) in [6, 6.07) is 0.0576. The summed E-state index contributed by atoms with van der Waals surface area (Å²) in [4.78, 5) is 15.9. The van der Waals surface area contributed by atoms with Crippen LogP contribution in [0.2, 0.25) is 0 Å². The first-order valence-corrected chi connectivity index (χ1v) is 7.15. The van der Waals surface area contributed by atoms with Crippen LogP contribution in [0.1, 0.15) is 34.1 Å². The number of amidine groups is 1. The van der Waals surface area contributed by atoms with E-state index >= 15 is 0 Å². The van der Waals surface area contributed by atoms with Crippen LogP contribution in [0, 0.1) is 11.8 Å². The van der Waals surface area contributed by atoms with E-state index in [1.54, 1.807) is 11.8 Å². The fourth-order valence-electron chi connectivity index (χ4n) is 1.86. The molecule has 0 radical (unpaired) electrons. The molecule has 2 unspecified atom stereocenters. The lowest BCUT2D eigenvalue weighted by molar-refractivity contribution is -0.120. The Labute approximate surface area is 108 Å². The van der Waals surface area contributed by atoms with Crippen LogP contribution in [0.3, 0.4) is 0 Å². The van der Waals surface area contributed by atoms with E-state index in [2.05, 4.69) is 24.2 Å². The van der Waals surface area contributed by atoms with Crippen LogP contribution in [0.25, 0.3) is 0 Å². The number of primary amides is 1. The molecule has 5 heteroatoms. The molecular formula is C12H23N3OS. The molecule has 17 heavy (non-hydrogen) atoms. The molecule has 0 saturated heterocycles. The molecule has 0 spiro atoms. The van der Waals surface area contributed by atoms with Crippen molar-refractivity contribution in [2.45, 2.75) is 46.2 Å². The summed E-state index contributed by atoms with van der Waals surface area (Å²) >= 11 is 1.69. The molecule has 1 amide bonds. The number of nitrogens with one attached hydrogen (secondary N) is 1. The minimum atomic E-state index is -0.320. The third-order valence-corrected chi connectivity index (χ3v) is 3.76. The van der Waals surface area contributed by atoms with Gasteiger partial charge in [0.25, 0.3) is 0 Å². The van der Waals surface area contributed by atoms with Crippen molar-refractivity contribution in [1.29, 1.82) is 0 Å². The van der Waals surface area contributed by atoms with Gasteiger partial charge >= 0.3 is 0 Å². The van der Waals surface area contributed by atoms with Gasteiger partial charge in [-0.05, 0) is 18.3 Å². The third kappa shape index (κ3) is 4.58. The second kappa shape index (κ2) is 6.28. The van der Waals surface area contributed by atoms with E-state index in [0.717, 1.165) is 17.3 Å². The van der Waals surface area contributed by atoms with Gasteiger partial charge in [-0.1, -0.05) is 39.5 Å². The normalized spacial score (nSPS) is 21.8. The third-order valence-electron chi connectivity index (χ3n) is 2.71. The smallest absolute Gasteiger partial charge is 0.240 e. The zero-order chi connectivity index (χ0) is 13.0. The average molecular weight is 257 g/mol. The fourth-order valence-corrected chi connectivity index (χ4v) is 2.85. The molecule has 0 saturated carbocycles. The van der Waals surface area contributed by atoms with Gasteiger partial charge in [0.1, 0.15) is 6.04 Å². The molecule has 0 fully saturated rings. The van der Waals surface area contributed by atoms with Crippen molar-refractivity contribution in [3.63, 3.8) is 0 Å². The van der Waals surface area contributed by atoms with Gasteiger partial charge in [0, 0.05) is 5.75 Å². The first kappa shape index (κ1) is 14.4. The van der Waals surface area contributed by atoms with Gasteiger partial charge in [-0.3, -0.25) is 9.79 Å². The van der Waals surface area contributed by atoms with Crippen LogP contribution in [0.5, 0.6) is 0 Å². The second-order valence-electron chi connectivity index (χ2n) is 5.30. The quantitative estimate of drug-likeness (QED) is 0.786. The van der Waals surface area contributed by atoms with Gasteiger partial charge in [0.15, 0.2) is 5.17 Å². The molecule has 0 aromatic heterocycles. The fraction of sp³-hybridized carbons (Fsp3) is 0.833. The highest BCUT2D eigenvalue weighted by atomic mass is 32.2. The van der Waals surface area contributed by atoms with Crippen LogP contribution in [-0.2, 0) is 4.79 Å². The first-order chi connectivity index (χ1) is 7.90. The summed E-state index contributed by atoms with van der Waals surface area (Å²) in [6.07, 6.45) is 1.10. The van der Waals surface area contributed by atoms with Gasteiger partial charge in [-0.15, -0.1) is 0 Å². The minimum absolute atomic E-state index is 0.181. The maximum Gasteiger partial charge on any atom is 0.240 e. The number of nitrogens with two attached hydrogens (primary N) is 1. The highest BCUT2D eigenvalue weighted by Gasteiger charge is 2.25. The second-order valence-corrected chi connectivity index (χ2v) is 6.31. The van der Waals surface area contributed by atoms with Crippen LogP contribution < -0.4 is 11.1 Å². The number of hydrogen-bond donors (Lipinski definition) is 2. The van der Waals surface area contributed by atoms with E-state index in [9.17, 15) is 4.79 Å². The molecule has 1 aliphatic heterocycles. The van der Waals surface area contributed by atoms with Crippen molar-refractivity contribution in [3.05, 3.63) is 0 Å². The van der Waals surface area contributed by atoms with E-state index in [1.807, 2.05) is 13.8 Å². The Morgan fingerprint density at radius 2 is 2.18 bits per heavy atom. The summed E-state index contributed by atoms with van der Waals surface area (Å²) in [5.74, 6) is 1.53. The van der Waals surface area contributed by atoms with E-state index < -0.39 is 0 Å². The van der Waals surface area contributed by atoms with Gasteiger partial charge in [-0.25, -0.2) is 0 Å². The zero-order valence-electron chi connectivity index (χ0n) is 11.1. The predicted molar refractivity (Wildman–Crippen MR) is 74.1 cm³/mol. The van der Waals surface area contributed by atoms with Gasteiger partial charge < -0.3 is 11.1 Å². The summed E-state index contributed by atoms with van der Waals surface area (Å²) in [7, 11) is 0. The van der Waals surface area contributed by atoms with Crippen molar-refractivity contribution in [1.82, 2.24) is 5.32 Å². The summed E-state index contributed by atoms with van der Waals surface area (Å²) < 4.78 is 0. The number of nitrogens with zero attached hydrogens (tertiary/aromatic N) is 1. The van der Waals surface area contributed by atoms with E-state index in [4.69, 9.17) is 5.73 Å². The van der Waals surface area contributed by atoms with E-state index in [0.29, 0.717) is 12.0 Å².